The molecule has 2 unspecified atom stereocenters. The number of ether oxygens (including phenoxy) is 1. The van der Waals surface area contributed by atoms with Gasteiger partial charge >= 0.3 is 5.97 Å². The summed E-state index contributed by atoms with van der Waals surface area (Å²) in [6.07, 6.45) is 2.64. The highest BCUT2D eigenvalue weighted by molar-refractivity contribution is 5.73. The molecule has 0 aromatic rings. The number of amides is 1. The van der Waals surface area contributed by atoms with Crippen LogP contribution in [0.1, 0.15) is 53.9 Å². The highest BCUT2D eigenvalue weighted by Crippen LogP contribution is 2.26. The van der Waals surface area contributed by atoms with Crippen LogP contribution >= 0.6 is 0 Å². The number of rotatable bonds is 3. The molecule has 1 aliphatic rings. The summed E-state index contributed by atoms with van der Waals surface area (Å²) in [6, 6.07) is 0. The van der Waals surface area contributed by atoms with Crippen molar-refractivity contribution in [1.82, 2.24) is 4.90 Å². The van der Waals surface area contributed by atoms with Crippen LogP contribution in [-0.4, -0.2) is 36.5 Å². The number of hydrogen-bond donors (Lipinski definition) is 0. The topological polar surface area (TPSA) is 46.6 Å². The van der Waals surface area contributed by atoms with E-state index in [1.807, 2.05) is 11.8 Å². The molecule has 1 amide bonds. The molecular weight excluding hydrogens is 242 g/mol. The van der Waals surface area contributed by atoms with Gasteiger partial charge in [0.15, 0.2) is 0 Å². The Bertz CT molecular complexity index is 279. The van der Waals surface area contributed by atoms with Crippen molar-refractivity contribution in [2.45, 2.75) is 53.9 Å². The fourth-order valence-corrected chi connectivity index (χ4v) is 2.22. The first kappa shape index (κ1) is 17.9. The van der Waals surface area contributed by atoms with Gasteiger partial charge in [0.25, 0.3) is 0 Å². The van der Waals surface area contributed by atoms with E-state index in [-0.39, 0.29) is 11.9 Å². The Morgan fingerprint density at radius 1 is 1.26 bits per heavy atom. The monoisotopic (exact) mass is 271 g/mol. The molecule has 1 fully saturated rings. The molecule has 1 saturated heterocycles. The molecule has 0 aromatic carbocycles. The lowest BCUT2D eigenvalue weighted by Crippen LogP contribution is -2.42. The highest BCUT2D eigenvalue weighted by Gasteiger charge is 2.29. The molecule has 112 valence electrons. The number of nitrogens with zero attached hydrogens (tertiary/aromatic N) is 1. The molecule has 19 heavy (non-hydrogen) atoms. The van der Waals surface area contributed by atoms with Crippen LogP contribution in [0.4, 0.5) is 0 Å². The van der Waals surface area contributed by atoms with Crippen LogP contribution < -0.4 is 0 Å². The smallest absolute Gasteiger partial charge is 0.306 e. The van der Waals surface area contributed by atoms with Crippen LogP contribution in [0.3, 0.4) is 0 Å². The van der Waals surface area contributed by atoms with Crippen LogP contribution in [0.25, 0.3) is 0 Å². The zero-order valence-corrected chi connectivity index (χ0v) is 13.1. The molecule has 0 N–H and O–H groups in total. The molecular formula is C15H29NO3. The third-order valence-electron chi connectivity index (χ3n) is 3.26. The van der Waals surface area contributed by atoms with Gasteiger partial charge in [-0.15, -0.1) is 0 Å². The molecule has 0 aliphatic carbocycles. The third kappa shape index (κ3) is 7.19. The lowest BCUT2D eigenvalue weighted by atomic mass is 9.84. The maximum absolute atomic E-state index is 11.4. The molecule has 1 heterocycles. The summed E-state index contributed by atoms with van der Waals surface area (Å²) in [6.45, 7) is 11.7. The van der Waals surface area contributed by atoms with Crippen LogP contribution in [-0.2, 0) is 14.3 Å². The second-order valence-corrected chi connectivity index (χ2v) is 5.21. The van der Waals surface area contributed by atoms with Gasteiger partial charge in [-0.05, 0) is 25.2 Å². The Morgan fingerprint density at radius 2 is 1.84 bits per heavy atom. The lowest BCUT2D eigenvalue weighted by Gasteiger charge is -2.36. The molecule has 0 radical (unpaired) electrons. The molecule has 0 aromatic heterocycles. The normalized spacial score (nSPS) is 22.3. The van der Waals surface area contributed by atoms with Gasteiger partial charge in [0, 0.05) is 26.4 Å². The van der Waals surface area contributed by atoms with Crippen molar-refractivity contribution in [2.24, 2.45) is 11.8 Å². The van der Waals surface area contributed by atoms with E-state index >= 15 is 0 Å². The fourth-order valence-electron chi connectivity index (χ4n) is 2.22. The average molecular weight is 271 g/mol. The minimum absolute atomic E-state index is 0.115. The molecule has 1 rings (SSSR count). The van der Waals surface area contributed by atoms with Gasteiger partial charge in [0.05, 0.1) is 6.61 Å². The quantitative estimate of drug-likeness (QED) is 0.742. The van der Waals surface area contributed by atoms with Crippen LogP contribution in [0.2, 0.25) is 0 Å². The van der Waals surface area contributed by atoms with E-state index in [2.05, 4.69) is 20.8 Å². The number of likely N-dealkylation sites (tertiary alicyclic amines) is 1. The SMILES string of the molecule is CCC.CCOC(=O)CC1CCN(C(C)=O)CC1C. The molecule has 4 heteroatoms. The summed E-state index contributed by atoms with van der Waals surface area (Å²) in [4.78, 5) is 24.4. The van der Waals surface area contributed by atoms with Gasteiger partial charge in [-0.3, -0.25) is 9.59 Å². The van der Waals surface area contributed by atoms with Crippen LogP contribution in [0.15, 0.2) is 0 Å². The van der Waals surface area contributed by atoms with Crippen molar-refractivity contribution in [3.63, 3.8) is 0 Å². The minimum atomic E-state index is -0.115. The van der Waals surface area contributed by atoms with Crippen molar-refractivity contribution in [1.29, 1.82) is 0 Å². The third-order valence-corrected chi connectivity index (χ3v) is 3.26. The summed E-state index contributed by atoms with van der Waals surface area (Å²) < 4.78 is 4.95. The lowest BCUT2D eigenvalue weighted by molar-refractivity contribution is -0.145. The first-order chi connectivity index (χ1) is 8.96. The number of carbonyl (C=O) groups is 2. The van der Waals surface area contributed by atoms with Crippen LogP contribution in [0.5, 0.6) is 0 Å². The van der Waals surface area contributed by atoms with Gasteiger partial charge in [0.1, 0.15) is 0 Å². The van der Waals surface area contributed by atoms with E-state index in [1.54, 1.807) is 6.92 Å². The summed E-state index contributed by atoms with van der Waals surface area (Å²) in [5.74, 6) is 0.744. The van der Waals surface area contributed by atoms with E-state index < -0.39 is 0 Å². The van der Waals surface area contributed by atoms with Gasteiger partial charge in [0.2, 0.25) is 5.91 Å². The Morgan fingerprint density at radius 3 is 2.26 bits per heavy atom. The van der Waals surface area contributed by atoms with Gasteiger partial charge < -0.3 is 9.64 Å². The van der Waals surface area contributed by atoms with Gasteiger partial charge in [-0.25, -0.2) is 0 Å². The van der Waals surface area contributed by atoms with Gasteiger partial charge in [-0.1, -0.05) is 27.2 Å². The predicted molar refractivity (Wildman–Crippen MR) is 76.7 cm³/mol. The predicted octanol–water partition coefficient (Wildman–Crippen LogP) is 2.86. The fraction of sp³-hybridized carbons (Fsp3) is 0.867. The molecule has 0 bridgehead atoms. The standard InChI is InChI=1S/C12H21NO3.C3H8/c1-4-16-12(15)7-11-5-6-13(10(3)14)8-9(11)2;1-3-2/h9,11H,4-8H2,1-3H3;3H2,1-2H3. The van der Waals surface area contributed by atoms with E-state index in [1.165, 1.54) is 6.42 Å². The largest absolute Gasteiger partial charge is 0.466 e. The van der Waals surface area contributed by atoms with Crippen LogP contribution in [0, 0.1) is 11.8 Å². The number of hydrogen-bond acceptors (Lipinski definition) is 3. The minimum Gasteiger partial charge on any atom is -0.466 e. The highest BCUT2D eigenvalue weighted by atomic mass is 16.5. The summed E-state index contributed by atoms with van der Waals surface area (Å²) in [7, 11) is 0. The van der Waals surface area contributed by atoms with E-state index in [0.29, 0.717) is 24.9 Å². The Labute approximate surface area is 117 Å². The second-order valence-electron chi connectivity index (χ2n) is 5.21. The maximum Gasteiger partial charge on any atom is 0.306 e. The van der Waals surface area contributed by atoms with E-state index in [9.17, 15) is 9.59 Å². The Balaban J connectivity index is 0.000000982. The van der Waals surface area contributed by atoms with E-state index in [0.717, 1.165) is 19.5 Å². The van der Waals surface area contributed by atoms with Crippen molar-refractivity contribution >= 4 is 11.9 Å². The molecule has 2 atom stereocenters. The summed E-state index contributed by atoms with van der Waals surface area (Å²) in [5, 5.41) is 0. The number of esters is 1. The zero-order valence-electron chi connectivity index (χ0n) is 13.1. The van der Waals surface area contributed by atoms with Crippen molar-refractivity contribution in [3.05, 3.63) is 0 Å². The molecule has 4 nitrogen and oxygen atoms in total. The first-order valence-electron chi connectivity index (χ1n) is 7.37. The summed E-state index contributed by atoms with van der Waals surface area (Å²) in [5.41, 5.74) is 0. The number of carbonyl (C=O) groups excluding carboxylic acids is 2. The average Bonchev–Trinajstić information content (AvgIpc) is 2.33. The Hall–Kier alpha value is -1.06. The van der Waals surface area contributed by atoms with E-state index in [4.69, 9.17) is 4.74 Å². The maximum atomic E-state index is 11.4. The molecule has 1 aliphatic heterocycles. The summed E-state index contributed by atoms with van der Waals surface area (Å²) >= 11 is 0. The van der Waals surface area contributed by atoms with Crippen molar-refractivity contribution < 1.29 is 14.3 Å². The number of piperidine rings is 1. The second kappa shape index (κ2) is 9.82. The molecule has 0 spiro atoms. The zero-order chi connectivity index (χ0) is 14.8. The molecule has 0 saturated carbocycles. The first-order valence-corrected chi connectivity index (χ1v) is 7.37. The van der Waals surface area contributed by atoms with Crippen molar-refractivity contribution in [3.8, 4) is 0 Å². The Kier molecular flexibility index (Phi) is 9.27. The van der Waals surface area contributed by atoms with Gasteiger partial charge in [-0.2, -0.15) is 0 Å². The van der Waals surface area contributed by atoms with Crippen molar-refractivity contribution in [2.75, 3.05) is 19.7 Å².